The van der Waals surface area contributed by atoms with Crippen LogP contribution in [0.1, 0.15) is 39.0 Å². The maximum Gasteiger partial charge on any atom is 0.326 e. The Kier molecular flexibility index (Phi) is 6.98. The van der Waals surface area contributed by atoms with E-state index in [-0.39, 0.29) is 18.9 Å². The lowest BCUT2D eigenvalue weighted by molar-refractivity contribution is -0.142. The fourth-order valence-corrected chi connectivity index (χ4v) is 2.20. The number of esters is 1. The molecule has 2 N–H and O–H groups in total. The van der Waals surface area contributed by atoms with Crippen molar-refractivity contribution in [3.05, 3.63) is 0 Å². The SMILES string of the molecule is CCN(CC1CCC1)C(=O)N[C@H](CCC(=O)OC)C(=O)O. The molecule has 1 rings (SSSR count). The van der Waals surface area contributed by atoms with Crippen LogP contribution in [-0.4, -0.2) is 54.2 Å². The van der Waals surface area contributed by atoms with Gasteiger partial charge in [-0.3, -0.25) is 4.79 Å². The Morgan fingerprint density at radius 1 is 1.38 bits per heavy atom. The van der Waals surface area contributed by atoms with Crippen molar-refractivity contribution < 1.29 is 24.2 Å². The highest BCUT2D eigenvalue weighted by Crippen LogP contribution is 2.27. The molecule has 1 atom stereocenters. The van der Waals surface area contributed by atoms with E-state index in [1.165, 1.54) is 13.5 Å². The summed E-state index contributed by atoms with van der Waals surface area (Å²) in [5.74, 6) is -1.11. The zero-order valence-electron chi connectivity index (χ0n) is 12.6. The zero-order chi connectivity index (χ0) is 15.8. The molecule has 1 aliphatic rings. The predicted octanol–water partition coefficient (Wildman–Crippen LogP) is 1.22. The van der Waals surface area contributed by atoms with Crippen LogP contribution in [0.5, 0.6) is 0 Å². The predicted molar refractivity (Wildman–Crippen MR) is 75.8 cm³/mol. The Bertz CT molecular complexity index is 382. The second kappa shape index (κ2) is 8.49. The third kappa shape index (κ3) is 5.61. The molecule has 120 valence electrons. The Morgan fingerprint density at radius 2 is 2.05 bits per heavy atom. The monoisotopic (exact) mass is 300 g/mol. The van der Waals surface area contributed by atoms with Crippen LogP contribution in [0.2, 0.25) is 0 Å². The number of ether oxygens (including phenoxy) is 1. The first kappa shape index (κ1) is 17.3. The van der Waals surface area contributed by atoms with Crippen LogP contribution in [0.4, 0.5) is 4.79 Å². The van der Waals surface area contributed by atoms with Gasteiger partial charge in [-0.25, -0.2) is 9.59 Å². The molecule has 0 spiro atoms. The smallest absolute Gasteiger partial charge is 0.326 e. The molecule has 0 aromatic rings. The number of urea groups is 1. The van der Waals surface area contributed by atoms with Crippen molar-refractivity contribution in [2.24, 2.45) is 5.92 Å². The first-order valence-corrected chi connectivity index (χ1v) is 7.33. The Hall–Kier alpha value is -1.79. The van der Waals surface area contributed by atoms with Crippen LogP contribution in [0.25, 0.3) is 0 Å². The van der Waals surface area contributed by atoms with Crippen molar-refractivity contribution in [1.82, 2.24) is 10.2 Å². The normalized spacial score (nSPS) is 15.7. The van der Waals surface area contributed by atoms with Crippen molar-refractivity contribution in [3.8, 4) is 0 Å². The molecule has 1 saturated carbocycles. The average Bonchev–Trinajstić information content (AvgIpc) is 2.41. The highest BCUT2D eigenvalue weighted by Gasteiger charge is 2.26. The van der Waals surface area contributed by atoms with E-state index in [0.29, 0.717) is 19.0 Å². The molecular formula is C14H24N2O5. The molecule has 7 heteroatoms. The van der Waals surface area contributed by atoms with Gasteiger partial charge >= 0.3 is 18.0 Å². The largest absolute Gasteiger partial charge is 0.480 e. The van der Waals surface area contributed by atoms with Crippen LogP contribution in [0.3, 0.4) is 0 Å². The number of carboxylic acids is 1. The molecule has 0 aromatic carbocycles. The lowest BCUT2D eigenvalue weighted by Gasteiger charge is -2.32. The number of methoxy groups -OCH3 is 1. The highest BCUT2D eigenvalue weighted by atomic mass is 16.5. The average molecular weight is 300 g/mol. The van der Waals surface area contributed by atoms with Gasteiger partial charge in [-0.2, -0.15) is 0 Å². The molecule has 0 radical (unpaired) electrons. The lowest BCUT2D eigenvalue weighted by atomic mass is 9.85. The third-order valence-electron chi connectivity index (χ3n) is 3.83. The summed E-state index contributed by atoms with van der Waals surface area (Å²) >= 11 is 0. The molecule has 1 aliphatic carbocycles. The molecular weight excluding hydrogens is 276 g/mol. The van der Waals surface area contributed by atoms with Crippen molar-refractivity contribution in [3.63, 3.8) is 0 Å². The third-order valence-corrected chi connectivity index (χ3v) is 3.83. The molecule has 0 bridgehead atoms. The second-order valence-electron chi connectivity index (χ2n) is 5.29. The van der Waals surface area contributed by atoms with E-state index in [1.54, 1.807) is 4.90 Å². The van der Waals surface area contributed by atoms with Crippen molar-refractivity contribution in [2.45, 2.75) is 45.1 Å². The minimum atomic E-state index is -1.15. The standard InChI is InChI=1S/C14H24N2O5/c1-3-16(9-10-5-4-6-10)14(20)15-11(13(18)19)7-8-12(17)21-2/h10-11H,3-9H2,1-2H3,(H,15,20)(H,18,19)/t11-/m1/s1. The number of aliphatic carboxylic acids is 1. The maximum absolute atomic E-state index is 12.1. The highest BCUT2D eigenvalue weighted by molar-refractivity contribution is 5.83. The summed E-state index contributed by atoms with van der Waals surface area (Å²) in [5, 5.41) is 11.6. The zero-order valence-corrected chi connectivity index (χ0v) is 12.6. The summed E-state index contributed by atoms with van der Waals surface area (Å²) in [6, 6.07) is -1.46. The summed E-state index contributed by atoms with van der Waals surface area (Å²) in [6.45, 7) is 3.06. The molecule has 1 fully saturated rings. The van der Waals surface area contributed by atoms with Gasteiger partial charge in [0.1, 0.15) is 6.04 Å². The molecule has 21 heavy (non-hydrogen) atoms. The van der Waals surface area contributed by atoms with Crippen molar-refractivity contribution in [2.75, 3.05) is 20.2 Å². The van der Waals surface area contributed by atoms with E-state index in [9.17, 15) is 14.4 Å². The van der Waals surface area contributed by atoms with Crippen molar-refractivity contribution >= 4 is 18.0 Å². The Morgan fingerprint density at radius 3 is 2.48 bits per heavy atom. The summed E-state index contributed by atoms with van der Waals surface area (Å²) in [5.41, 5.74) is 0. The minimum Gasteiger partial charge on any atom is -0.480 e. The summed E-state index contributed by atoms with van der Waals surface area (Å²) in [6.07, 6.45) is 3.42. The summed E-state index contributed by atoms with van der Waals surface area (Å²) in [4.78, 5) is 36.0. The van der Waals surface area contributed by atoms with Crippen LogP contribution in [-0.2, 0) is 14.3 Å². The number of carboxylic acid groups (broad SMARTS) is 1. The van der Waals surface area contributed by atoms with Crippen LogP contribution >= 0.6 is 0 Å². The van der Waals surface area contributed by atoms with Gasteiger partial charge in [-0.15, -0.1) is 0 Å². The molecule has 0 aromatic heterocycles. The van der Waals surface area contributed by atoms with Gasteiger partial charge in [0.25, 0.3) is 0 Å². The first-order valence-electron chi connectivity index (χ1n) is 7.33. The molecule has 0 saturated heterocycles. The molecule has 7 nitrogen and oxygen atoms in total. The van der Waals surface area contributed by atoms with E-state index in [0.717, 1.165) is 12.8 Å². The van der Waals surface area contributed by atoms with Gasteiger partial charge in [0, 0.05) is 19.5 Å². The van der Waals surface area contributed by atoms with E-state index in [2.05, 4.69) is 10.1 Å². The number of hydrogen-bond donors (Lipinski definition) is 2. The number of carbonyl (C=O) groups excluding carboxylic acids is 2. The number of nitrogens with zero attached hydrogens (tertiary/aromatic N) is 1. The number of hydrogen-bond acceptors (Lipinski definition) is 4. The topological polar surface area (TPSA) is 95.9 Å². The number of amides is 2. The fourth-order valence-electron chi connectivity index (χ4n) is 2.20. The maximum atomic E-state index is 12.1. The van der Waals surface area contributed by atoms with E-state index in [4.69, 9.17) is 5.11 Å². The van der Waals surface area contributed by atoms with Gasteiger partial charge in [0.05, 0.1) is 7.11 Å². The second-order valence-corrected chi connectivity index (χ2v) is 5.29. The molecule has 0 aliphatic heterocycles. The molecule has 0 unspecified atom stereocenters. The van der Waals surface area contributed by atoms with Crippen LogP contribution in [0, 0.1) is 5.92 Å². The number of carbonyl (C=O) groups is 3. The number of nitrogens with one attached hydrogen (secondary N) is 1. The Balaban J connectivity index is 2.48. The van der Waals surface area contributed by atoms with E-state index < -0.39 is 18.0 Å². The van der Waals surface area contributed by atoms with E-state index in [1.807, 2.05) is 6.92 Å². The quantitative estimate of drug-likeness (QED) is 0.657. The van der Waals surface area contributed by atoms with Crippen LogP contribution in [0.15, 0.2) is 0 Å². The van der Waals surface area contributed by atoms with Crippen LogP contribution < -0.4 is 5.32 Å². The molecule has 2 amide bonds. The summed E-state index contributed by atoms with van der Waals surface area (Å²) < 4.78 is 4.47. The Labute approximate surface area is 124 Å². The van der Waals surface area contributed by atoms with Gasteiger partial charge < -0.3 is 20.1 Å². The summed E-state index contributed by atoms with van der Waals surface area (Å²) in [7, 11) is 1.24. The van der Waals surface area contributed by atoms with Crippen molar-refractivity contribution in [1.29, 1.82) is 0 Å². The molecule has 0 heterocycles. The van der Waals surface area contributed by atoms with Gasteiger partial charge in [0.2, 0.25) is 0 Å². The van der Waals surface area contributed by atoms with Gasteiger partial charge in [-0.05, 0) is 32.1 Å². The van der Waals surface area contributed by atoms with E-state index >= 15 is 0 Å². The minimum absolute atomic E-state index is 0.0225. The first-order chi connectivity index (χ1) is 9.97. The fraction of sp³-hybridized carbons (Fsp3) is 0.786. The number of rotatable bonds is 8. The lowest BCUT2D eigenvalue weighted by Crippen LogP contribution is -2.49. The van der Waals surface area contributed by atoms with Gasteiger partial charge in [-0.1, -0.05) is 6.42 Å². The van der Waals surface area contributed by atoms with Gasteiger partial charge in [0.15, 0.2) is 0 Å².